The van der Waals surface area contributed by atoms with Crippen molar-refractivity contribution in [1.29, 1.82) is 5.41 Å². The Morgan fingerprint density at radius 2 is 2.10 bits per heavy atom. The molecular formula is C22H32N6O. The Bertz CT molecular complexity index is 878. The molecule has 0 saturated carbocycles. The van der Waals surface area contributed by atoms with Crippen LogP contribution in [0.2, 0.25) is 0 Å². The summed E-state index contributed by atoms with van der Waals surface area (Å²) in [6.07, 6.45) is 4.76. The van der Waals surface area contributed by atoms with Crippen LogP contribution in [0.15, 0.2) is 40.1 Å². The lowest BCUT2D eigenvalue weighted by Gasteiger charge is -2.26. The van der Waals surface area contributed by atoms with Crippen molar-refractivity contribution in [3.63, 3.8) is 0 Å². The molecule has 0 spiro atoms. The van der Waals surface area contributed by atoms with Crippen LogP contribution in [-0.4, -0.2) is 52.1 Å². The normalized spacial score (nSPS) is 20.1. The van der Waals surface area contributed by atoms with Crippen molar-refractivity contribution in [3.8, 4) is 5.75 Å². The Labute approximate surface area is 172 Å². The topological polar surface area (TPSA) is 110 Å². The van der Waals surface area contributed by atoms with Gasteiger partial charge in [-0.15, -0.1) is 10.2 Å². The van der Waals surface area contributed by atoms with E-state index in [4.69, 9.17) is 11.1 Å². The smallest absolute Gasteiger partial charge is 0.131 e. The van der Waals surface area contributed by atoms with Gasteiger partial charge in [0.2, 0.25) is 0 Å². The number of nitrogens with one attached hydrogen (secondary N) is 2. The Hall–Kier alpha value is -2.67. The fourth-order valence-electron chi connectivity index (χ4n) is 3.80. The van der Waals surface area contributed by atoms with Gasteiger partial charge in [-0.25, -0.2) is 0 Å². The highest BCUT2D eigenvalue weighted by molar-refractivity contribution is 6.12. The number of nitrogens with zero attached hydrogens (tertiary/aromatic N) is 3. The first-order chi connectivity index (χ1) is 13.7. The predicted molar refractivity (Wildman–Crippen MR) is 119 cm³/mol. The van der Waals surface area contributed by atoms with Crippen molar-refractivity contribution in [1.82, 2.24) is 10.2 Å². The molecule has 1 aromatic carbocycles. The second kappa shape index (κ2) is 8.37. The lowest BCUT2D eigenvalue weighted by atomic mass is 10.0. The van der Waals surface area contributed by atoms with Gasteiger partial charge in [0.05, 0.1) is 5.71 Å². The van der Waals surface area contributed by atoms with E-state index in [0.717, 1.165) is 38.2 Å². The molecule has 1 saturated heterocycles. The van der Waals surface area contributed by atoms with Crippen molar-refractivity contribution in [2.24, 2.45) is 15.9 Å². The molecule has 2 aliphatic rings. The fraction of sp³-hybridized carbons (Fsp3) is 0.500. The molecule has 1 aromatic rings. The highest BCUT2D eigenvalue weighted by Crippen LogP contribution is 2.25. The van der Waals surface area contributed by atoms with Gasteiger partial charge < -0.3 is 21.1 Å². The molecule has 1 atom stereocenters. The van der Waals surface area contributed by atoms with Crippen molar-refractivity contribution < 1.29 is 5.11 Å². The Balaban J connectivity index is 1.85. The molecular weight excluding hydrogens is 364 g/mol. The number of phenolic OH excluding ortho intramolecular Hbond substituents is 1. The van der Waals surface area contributed by atoms with Crippen LogP contribution >= 0.6 is 0 Å². The minimum absolute atomic E-state index is 0.0532. The van der Waals surface area contributed by atoms with Gasteiger partial charge in [-0.05, 0) is 51.8 Å². The van der Waals surface area contributed by atoms with E-state index in [2.05, 4.69) is 48.1 Å². The number of hydrogen-bond acceptors (Lipinski definition) is 6. The summed E-state index contributed by atoms with van der Waals surface area (Å²) in [6, 6.07) is 5.41. The summed E-state index contributed by atoms with van der Waals surface area (Å²) < 4.78 is 0. The van der Waals surface area contributed by atoms with Crippen molar-refractivity contribution in [2.75, 3.05) is 13.1 Å². The summed E-state index contributed by atoms with van der Waals surface area (Å²) in [5.74, 6) is 0.954. The van der Waals surface area contributed by atoms with Crippen LogP contribution in [0.5, 0.6) is 5.75 Å². The summed E-state index contributed by atoms with van der Waals surface area (Å²) in [6.45, 7) is 10.6. The summed E-state index contributed by atoms with van der Waals surface area (Å²) >= 11 is 0. The van der Waals surface area contributed by atoms with Crippen molar-refractivity contribution in [2.45, 2.75) is 58.5 Å². The number of hydrogen-bond donors (Lipinski definition) is 4. The lowest BCUT2D eigenvalue weighted by Crippen LogP contribution is -2.45. The first-order valence-electron chi connectivity index (χ1n) is 10.2. The molecule has 5 N–H and O–H groups in total. The number of amidine groups is 2. The number of benzene rings is 1. The number of aromatic hydroxyl groups is 1. The zero-order chi connectivity index (χ0) is 21.2. The average Bonchev–Trinajstić information content (AvgIpc) is 2.97. The van der Waals surface area contributed by atoms with E-state index in [0.29, 0.717) is 22.9 Å². The molecule has 7 nitrogen and oxygen atoms in total. The molecule has 0 amide bonds. The SMILES string of the molecule is CCC1=CC(c2ccc(C(=N)N)cc2O)=NN=C(N2CCC(NC(C)(C)C)C2)C1. The van der Waals surface area contributed by atoms with Crippen molar-refractivity contribution in [3.05, 3.63) is 41.0 Å². The molecule has 0 radical (unpaired) electrons. The van der Waals surface area contributed by atoms with Gasteiger partial charge in [0.15, 0.2) is 0 Å². The van der Waals surface area contributed by atoms with E-state index in [1.807, 2.05) is 6.08 Å². The number of rotatable bonds is 4. The highest BCUT2D eigenvalue weighted by Gasteiger charge is 2.28. The largest absolute Gasteiger partial charge is 0.507 e. The fourth-order valence-corrected chi connectivity index (χ4v) is 3.80. The highest BCUT2D eigenvalue weighted by atomic mass is 16.3. The second-order valence-electron chi connectivity index (χ2n) is 8.81. The Morgan fingerprint density at radius 3 is 2.72 bits per heavy atom. The van der Waals surface area contributed by atoms with Crippen molar-refractivity contribution >= 4 is 17.4 Å². The van der Waals surface area contributed by atoms with Gasteiger partial charge in [-0.1, -0.05) is 18.6 Å². The molecule has 0 bridgehead atoms. The first-order valence-corrected chi connectivity index (χ1v) is 10.2. The molecule has 1 fully saturated rings. The molecule has 156 valence electrons. The third kappa shape index (κ3) is 5.23. The van der Waals surface area contributed by atoms with E-state index < -0.39 is 0 Å². The molecule has 29 heavy (non-hydrogen) atoms. The average molecular weight is 397 g/mol. The maximum atomic E-state index is 10.4. The second-order valence-corrected chi connectivity index (χ2v) is 8.81. The number of phenols is 1. The third-order valence-corrected chi connectivity index (χ3v) is 5.23. The molecule has 2 aliphatic heterocycles. The zero-order valence-electron chi connectivity index (χ0n) is 17.8. The van der Waals surface area contributed by atoms with Crippen LogP contribution in [-0.2, 0) is 0 Å². The summed E-state index contributed by atoms with van der Waals surface area (Å²) in [4.78, 5) is 2.32. The number of allylic oxidation sites excluding steroid dienone is 1. The summed E-state index contributed by atoms with van der Waals surface area (Å²) in [5.41, 5.74) is 8.55. The van der Waals surface area contributed by atoms with Crippen LogP contribution in [0.4, 0.5) is 0 Å². The quantitative estimate of drug-likeness (QED) is 0.463. The predicted octanol–water partition coefficient (Wildman–Crippen LogP) is 2.98. The van der Waals surface area contributed by atoms with Crippen LogP contribution in [0, 0.1) is 5.41 Å². The third-order valence-electron chi connectivity index (χ3n) is 5.23. The molecule has 2 heterocycles. The Kier molecular flexibility index (Phi) is 6.07. The van der Waals surface area contributed by atoms with E-state index in [9.17, 15) is 5.11 Å². The van der Waals surface area contributed by atoms with E-state index in [1.165, 1.54) is 11.6 Å². The number of likely N-dealkylation sites (tertiary alicyclic amines) is 1. The number of nitrogens with two attached hydrogens (primary N) is 1. The van der Waals surface area contributed by atoms with Gasteiger partial charge in [0, 0.05) is 42.2 Å². The summed E-state index contributed by atoms with van der Waals surface area (Å²) in [5, 5.41) is 30.7. The van der Waals surface area contributed by atoms with Crippen LogP contribution in [0.1, 0.15) is 58.1 Å². The van der Waals surface area contributed by atoms with Crippen LogP contribution in [0.25, 0.3) is 0 Å². The summed E-state index contributed by atoms with van der Waals surface area (Å²) in [7, 11) is 0. The molecule has 0 aromatic heterocycles. The maximum Gasteiger partial charge on any atom is 0.131 e. The van der Waals surface area contributed by atoms with Crippen LogP contribution in [0.3, 0.4) is 0 Å². The minimum Gasteiger partial charge on any atom is -0.507 e. The molecule has 7 heteroatoms. The number of nitrogen functional groups attached to an aromatic ring is 1. The molecule has 3 rings (SSSR count). The monoisotopic (exact) mass is 396 g/mol. The molecule has 1 unspecified atom stereocenters. The molecule has 0 aliphatic carbocycles. The van der Waals surface area contributed by atoms with E-state index in [1.54, 1.807) is 12.1 Å². The lowest BCUT2D eigenvalue weighted by molar-refractivity contribution is 0.359. The van der Waals surface area contributed by atoms with E-state index >= 15 is 0 Å². The van der Waals surface area contributed by atoms with E-state index in [-0.39, 0.29) is 17.1 Å². The minimum atomic E-state index is -0.0767. The van der Waals surface area contributed by atoms with Gasteiger partial charge in [-0.2, -0.15) is 0 Å². The van der Waals surface area contributed by atoms with Gasteiger partial charge in [0.25, 0.3) is 0 Å². The standard InChI is InChI=1S/C22H32N6O/c1-5-14-10-18(17-7-6-15(21(23)24)12-19(17)29)26-27-20(11-14)28-9-8-16(13-28)25-22(2,3)4/h6-7,10,12,16,25,29H,5,8-9,11,13H2,1-4H3,(H3,23,24). The first kappa shape index (κ1) is 21.0. The van der Waals surface area contributed by atoms with Crippen LogP contribution < -0.4 is 11.1 Å². The maximum absolute atomic E-state index is 10.4. The van der Waals surface area contributed by atoms with Gasteiger partial charge >= 0.3 is 0 Å². The zero-order valence-corrected chi connectivity index (χ0v) is 17.8. The van der Waals surface area contributed by atoms with Gasteiger partial charge in [-0.3, -0.25) is 5.41 Å². The Morgan fingerprint density at radius 1 is 1.34 bits per heavy atom. The van der Waals surface area contributed by atoms with Gasteiger partial charge in [0.1, 0.15) is 17.4 Å².